The SMILES string of the molecule is CC[C@](C)(CNc1ccc([N+](=O)[O-])c(C#N)c1)[C@H](C)O. The number of aliphatic hydroxyl groups is 1. The molecule has 0 aliphatic carbocycles. The van der Waals surface area contributed by atoms with E-state index in [1.54, 1.807) is 13.0 Å². The molecule has 1 aromatic rings. The van der Waals surface area contributed by atoms with Gasteiger partial charge in [0.1, 0.15) is 11.6 Å². The third kappa shape index (κ3) is 3.45. The van der Waals surface area contributed by atoms with E-state index in [2.05, 4.69) is 5.32 Å². The molecule has 2 atom stereocenters. The summed E-state index contributed by atoms with van der Waals surface area (Å²) >= 11 is 0. The van der Waals surface area contributed by atoms with Crippen LogP contribution in [0.25, 0.3) is 0 Å². The lowest BCUT2D eigenvalue weighted by Crippen LogP contribution is -2.36. The lowest BCUT2D eigenvalue weighted by molar-refractivity contribution is -0.385. The van der Waals surface area contributed by atoms with Crippen LogP contribution in [-0.2, 0) is 0 Å². The van der Waals surface area contributed by atoms with Gasteiger partial charge in [-0.3, -0.25) is 10.1 Å². The Morgan fingerprint density at radius 1 is 1.60 bits per heavy atom. The van der Waals surface area contributed by atoms with Crippen molar-refractivity contribution in [3.05, 3.63) is 33.9 Å². The minimum Gasteiger partial charge on any atom is -0.393 e. The summed E-state index contributed by atoms with van der Waals surface area (Å²) in [5, 5.41) is 32.6. The molecule has 0 aliphatic rings. The van der Waals surface area contributed by atoms with Crippen molar-refractivity contribution in [2.75, 3.05) is 11.9 Å². The van der Waals surface area contributed by atoms with E-state index in [0.717, 1.165) is 6.42 Å². The Bertz CT molecular complexity index is 537. The number of nitriles is 1. The molecule has 20 heavy (non-hydrogen) atoms. The number of benzene rings is 1. The average molecular weight is 277 g/mol. The van der Waals surface area contributed by atoms with Crippen molar-refractivity contribution in [1.29, 1.82) is 5.26 Å². The van der Waals surface area contributed by atoms with Gasteiger partial charge in [-0.2, -0.15) is 5.26 Å². The third-order valence-electron chi connectivity index (χ3n) is 3.83. The summed E-state index contributed by atoms with van der Waals surface area (Å²) in [6.45, 7) is 6.21. The predicted octanol–water partition coefficient (Wildman–Crippen LogP) is 2.68. The highest BCUT2D eigenvalue weighted by Crippen LogP contribution is 2.27. The van der Waals surface area contributed by atoms with Crippen molar-refractivity contribution in [2.45, 2.75) is 33.3 Å². The number of aliphatic hydroxyl groups excluding tert-OH is 1. The second-order valence-electron chi connectivity index (χ2n) is 5.14. The Kier molecular flexibility index (Phi) is 5.06. The minimum atomic E-state index is -0.575. The predicted molar refractivity (Wildman–Crippen MR) is 76.4 cm³/mol. The van der Waals surface area contributed by atoms with Gasteiger partial charge in [0, 0.05) is 23.7 Å². The molecular formula is C14H19N3O3. The Balaban J connectivity index is 2.90. The first-order valence-electron chi connectivity index (χ1n) is 6.44. The molecule has 0 fully saturated rings. The molecule has 0 heterocycles. The van der Waals surface area contributed by atoms with Gasteiger partial charge in [0.15, 0.2) is 0 Å². The molecule has 6 nitrogen and oxygen atoms in total. The van der Waals surface area contributed by atoms with E-state index in [1.165, 1.54) is 12.1 Å². The molecule has 0 bridgehead atoms. The zero-order valence-electron chi connectivity index (χ0n) is 11.9. The molecule has 2 N–H and O–H groups in total. The van der Waals surface area contributed by atoms with Crippen LogP contribution in [0.1, 0.15) is 32.8 Å². The van der Waals surface area contributed by atoms with Crippen LogP contribution in [0.4, 0.5) is 11.4 Å². The summed E-state index contributed by atoms with van der Waals surface area (Å²) in [5.74, 6) is 0. The van der Waals surface area contributed by atoms with Crippen LogP contribution in [0.15, 0.2) is 18.2 Å². The van der Waals surface area contributed by atoms with Crippen LogP contribution in [0.5, 0.6) is 0 Å². The highest BCUT2D eigenvalue weighted by atomic mass is 16.6. The second-order valence-corrected chi connectivity index (χ2v) is 5.14. The summed E-state index contributed by atoms with van der Waals surface area (Å²) in [7, 11) is 0. The number of rotatable bonds is 6. The van der Waals surface area contributed by atoms with Crippen molar-refractivity contribution in [2.24, 2.45) is 5.41 Å². The molecule has 0 spiro atoms. The summed E-state index contributed by atoms with van der Waals surface area (Å²) in [5.41, 5.74) is 0.156. The molecule has 6 heteroatoms. The van der Waals surface area contributed by atoms with Crippen LogP contribution in [0, 0.1) is 26.9 Å². The smallest absolute Gasteiger partial charge is 0.287 e. The van der Waals surface area contributed by atoms with Crippen LogP contribution in [0.3, 0.4) is 0 Å². The van der Waals surface area contributed by atoms with Gasteiger partial charge in [-0.05, 0) is 25.5 Å². The number of hydrogen-bond donors (Lipinski definition) is 2. The van der Waals surface area contributed by atoms with Gasteiger partial charge in [0.05, 0.1) is 11.0 Å². The first-order chi connectivity index (χ1) is 9.34. The number of nitrogens with one attached hydrogen (secondary N) is 1. The van der Waals surface area contributed by atoms with Crippen LogP contribution in [0.2, 0.25) is 0 Å². The summed E-state index contributed by atoms with van der Waals surface area (Å²) in [4.78, 5) is 10.2. The monoisotopic (exact) mass is 277 g/mol. The van der Waals surface area contributed by atoms with Crippen molar-refractivity contribution in [3.8, 4) is 6.07 Å². The van der Waals surface area contributed by atoms with E-state index < -0.39 is 11.0 Å². The molecule has 0 saturated heterocycles. The fraction of sp³-hybridized carbons (Fsp3) is 0.500. The zero-order valence-corrected chi connectivity index (χ0v) is 11.9. The fourth-order valence-corrected chi connectivity index (χ4v) is 1.77. The van der Waals surface area contributed by atoms with Gasteiger partial charge in [-0.25, -0.2) is 0 Å². The maximum Gasteiger partial charge on any atom is 0.287 e. The van der Waals surface area contributed by atoms with Crippen molar-refractivity contribution >= 4 is 11.4 Å². The lowest BCUT2D eigenvalue weighted by Gasteiger charge is -2.32. The molecule has 0 radical (unpaired) electrons. The van der Waals surface area contributed by atoms with Gasteiger partial charge >= 0.3 is 0 Å². The quantitative estimate of drug-likeness (QED) is 0.615. The van der Waals surface area contributed by atoms with Crippen LogP contribution in [-0.4, -0.2) is 22.7 Å². The van der Waals surface area contributed by atoms with Crippen LogP contribution >= 0.6 is 0 Å². The van der Waals surface area contributed by atoms with E-state index in [0.29, 0.717) is 12.2 Å². The van der Waals surface area contributed by atoms with Gasteiger partial charge < -0.3 is 10.4 Å². The molecule has 0 saturated carbocycles. The Labute approximate surface area is 118 Å². The molecule has 108 valence electrons. The third-order valence-corrected chi connectivity index (χ3v) is 3.83. The molecule has 1 aromatic carbocycles. The van der Waals surface area contributed by atoms with E-state index in [1.807, 2.05) is 19.9 Å². The maximum atomic E-state index is 10.7. The summed E-state index contributed by atoms with van der Waals surface area (Å²) in [6, 6.07) is 6.15. The minimum absolute atomic E-state index is 0.0234. The molecule has 1 rings (SSSR count). The average Bonchev–Trinajstić information content (AvgIpc) is 2.43. The highest BCUT2D eigenvalue weighted by Gasteiger charge is 2.27. The van der Waals surface area contributed by atoms with E-state index in [-0.39, 0.29) is 16.7 Å². The Hall–Kier alpha value is -2.13. The standard InChI is InChI=1S/C14H19N3O3/c1-4-14(3,10(2)18)9-16-12-5-6-13(17(19)20)11(7-12)8-15/h5-7,10,16,18H,4,9H2,1-3H3/t10-,14+/m0/s1. The lowest BCUT2D eigenvalue weighted by atomic mass is 9.82. The second kappa shape index (κ2) is 6.35. The Morgan fingerprint density at radius 3 is 2.70 bits per heavy atom. The zero-order chi connectivity index (χ0) is 15.3. The largest absolute Gasteiger partial charge is 0.393 e. The fourth-order valence-electron chi connectivity index (χ4n) is 1.77. The van der Waals surface area contributed by atoms with E-state index in [4.69, 9.17) is 5.26 Å². The number of nitro benzene ring substituents is 1. The molecular weight excluding hydrogens is 258 g/mol. The van der Waals surface area contributed by atoms with Gasteiger partial charge in [0.25, 0.3) is 5.69 Å². The first-order valence-corrected chi connectivity index (χ1v) is 6.44. The number of hydrogen-bond acceptors (Lipinski definition) is 5. The maximum absolute atomic E-state index is 10.7. The first kappa shape index (κ1) is 15.9. The number of anilines is 1. The van der Waals surface area contributed by atoms with Gasteiger partial charge in [0.2, 0.25) is 0 Å². The van der Waals surface area contributed by atoms with Crippen molar-refractivity contribution in [3.63, 3.8) is 0 Å². The highest BCUT2D eigenvalue weighted by molar-refractivity contribution is 5.58. The van der Waals surface area contributed by atoms with Gasteiger partial charge in [-0.1, -0.05) is 13.8 Å². The van der Waals surface area contributed by atoms with E-state index >= 15 is 0 Å². The molecule has 0 unspecified atom stereocenters. The summed E-state index contributed by atoms with van der Waals surface area (Å²) in [6.07, 6.45) is 0.309. The topological polar surface area (TPSA) is 99.2 Å². The van der Waals surface area contributed by atoms with Crippen molar-refractivity contribution in [1.82, 2.24) is 0 Å². The normalized spacial score (nSPS) is 14.9. The molecule has 0 aromatic heterocycles. The molecule has 0 aliphatic heterocycles. The number of nitro groups is 1. The summed E-state index contributed by atoms with van der Waals surface area (Å²) < 4.78 is 0. The van der Waals surface area contributed by atoms with Gasteiger partial charge in [-0.15, -0.1) is 0 Å². The van der Waals surface area contributed by atoms with Crippen LogP contribution < -0.4 is 5.32 Å². The van der Waals surface area contributed by atoms with E-state index in [9.17, 15) is 15.2 Å². The molecule has 0 amide bonds. The number of nitrogens with zero attached hydrogens (tertiary/aromatic N) is 2. The van der Waals surface area contributed by atoms with Crippen molar-refractivity contribution < 1.29 is 10.0 Å². The Morgan fingerprint density at radius 2 is 2.25 bits per heavy atom.